The summed E-state index contributed by atoms with van der Waals surface area (Å²) < 4.78 is 0. The first-order valence-corrected chi connectivity index (χ1v) is 6.50. The van der Waals surface area contributed by atoms with Gasteiger partial charge in [0.05, 0.1) is 5.51 Å². The number of hydrogen-bond acceptors (Lipinski definition) is 5. The number of carboxylic acid groups (broad SMARTS) is 1. The summed E-state index contributed by atoms with van der Waals surface area (Å²) in [6.07, 6.45) is 0. The van der Waals surface area contributed by atoms with Crippen molar-refractivity contribution in [3.8, 4) is 0 Å². The lowest BCUT2D eigenvalue weighted by Crippen LogP contribution is -2.39. The quantitative estimate of drug-likeness (QED) is 0.727. The molecule has 1 atom stereocenters. The van der Waals surface area contributed by atoms with Crippen LogP contribution in [0.15, 0.2) is 5.51 Å². The highest BCUT2D eigenvalue weighted by atomic mass is 32.1. The molecule has 0 fully saturated rings. The van der Waals surface area contributed by atoms with Crippen LogP contribution in [0.5, 0.6) is 0 Å². The zero-order chi connectivity index (χ0) is 13.7. The molecule has 0 saturated heterocycles. The van der Waals surface area contributed by atoms with Crippen LogP contribution < -0.4 is 10.6 Å². The number of carbonyl (C=O) groups excluding carboxylic acids is 1. The fraction of sp³-hybridized carbons (Fsp3) is 0.545. The molecule has 18 heavy (non-hydrogen) atoms. The molecule has 6 nitrogen and oxygen atoms in total. The van der Waals surface area contributed by atoms with E-state index < -0.39 is 12.0 Å². The number of aromatic nitrogens is 1. The van der Waals surface area contributed by atoms with Crippen molar-refractivity contribution >= 4 is 28.2 Å². The number of aromatic carboxylic acids is 1. The number of nitrogens with one attached hydrogen (secondary N) is 2. The fourth-order valence-corrected chi connectivity index (χ4v) is 1.98. The number of amides is 1. The molecule has 0 radical (unpaired) electrons. The van der Waals surface area contributed by atoms with Gasteiger partial charge in [-0.1, -0.05) is 13.8 Å². The van der Waals surface area contributed by atoms with Crippen molar-refractivity contribution in [1.82, 2.24) is 10.3 Å². The number of hydrogen-bond donors (Lipinski definition) is 3. The molecule has 0 bridgehead atoms. The first-order valence-electron chi connectivity index (χ1n) is 5.62. The van der Waals surface area contributed by atoms with Gasteiger partial charge >= 0.3 is 5.97 Å². The first-order chi connectivity index (χ1) is 8.41. The Hall–Kier alpha value is -1.63. The van der Waals surface area contributed by atoms with Crippen molar-refractivity contribution in [1.29, 1.82) is 0 Å². The molecule has 7 heteroatoms. The predicted octanol–water partition coefficient (Wildman–Crippen LogP) is 1.41. The number of carboxylic acids is 1. The molecule has 100 valence electrons. The fourth-order valence-electron chi connectivity index (χ4n) is 1.22. The summed E-state index contributed by atoms with van der Waals surface area (Å²) in [4.78, 5) is 26.3. The zero-order valence-electron chi connectivity index (χ0n) is 10.6. The van der Waals surface area contributed by atoms with Gasteiger partial charge in [0, 0.05) is 6.54 Å². The van der Waals surface area contributed by atoms with Crippen molar-refractivity contribution in [2.24, 2.45) is 5.92 Å². The molecular formula is C11H17N3O3S. The number of thiazole rings is 1. The van der Waals surface area contributed by atoms with E-state index in [2.05, 4.69) is 15.6 Å². The third-order valence-electron chi connectivity index (χ3n) is 2.20. The molecule has 1 aromatic rings. The Morgan fingerprint density at radius 2 is 2.11 bits per heavy atom. The Bertz CT molecular complexity index is 431. The van der Waals surface area contributed by atoms with E-state index in [0.29, 0.717) is 17.5 Å². The van der Waals surface area contributed by atoms with Crippen LogP contribution in [0.1, 0.15) is 31.3 Å². The lowest BCUT2D eigenvalue weighted by atomic mass is 10.2. The molecule has 1 heterocycles. The summed E-state index contributed by atoms with van der Waals surface area (Å²) in [7, 11) is 0. The average molecular weight is 271 g/mol. The number of carbonyl (C=O) groups is 2. The smallest absolute Gasteiger partial charge is 0.357 e. The van der Waals surface area contributed by atoms with Gasteiger partial charge in [-0.2, -0.15) is 0 Å². The molecule has 1 rings (SSSR count). The highest BCUT2D eigenvalue weighted by molar-refractivity contribution is 7.14. The van der Waals surface area contributed by atoms with Crippen LogP contribution in [0.4, 0.5) is 5.00 Å². The molecule has 0 aromatic carbocycles. The largest absolute Gasteiger partial charge is 0.476 e. The Labute approximate surface area is 109 Å². The second-order valence-electron chi connectivity index (χ2n) is 4.34. The minimum absolute atomic E-state index is 0.0523. The Kier molecular flexibility index (Phi) is 5.08. The van der Waals surface area contributed by atoms with E-state index >= 15 is 0 Å². The summed E-state index contributed by atoms with van der Waals surface area (Å²) in [6, 6.07) is -0.498. The summed E-state index contributed by atoms with van der Waals surface area (Å²) in [5, 5.41) is 14.9. The normalized spacial score (nSPS) is 12.2. The van der Waals surface area contributed by atoms with Crippen LogP contribution in [0, 0.1) is 5.92 Å². The van der Waals surface area contributed by atoms with Crippen molar-refractivity contribution < 1.29 is 14.7 Å². The minimum Gasteiger partial charge on any atom is -0.476 e. The molecule has 1 unspecified atom stereocenters. The first kappa shape index (κ1) is 14.4. The summed E-state index contributed by atoms with van der Waals surface area (Å²) in [6.45, 7) is 6.29. The molecule has 1 amide bonds. The molecule has 0 saturated carbocycles. The number of nitrogens with zero attached hydrogens (tertiary/aromatic N) is 1. The van der Waals surface area contributed by atoms with E-state index in [1.165, 1.54) is 5.51 Å². The van der Waals surface area contributed by atoms with Gasteiger partial charge < -0.3 is 15.7 Å². The maximum absolute atomic E-state index is 11.7. The predicted molar refractivity (Wildman–Crippen MR) is 70.0 cm³/mol. The lowest BCUT2D eigenvalue weighted by Gasteiger charge is -2.15. The van der Waals surface area contributed by atoms with Crippen molar-refractivity contribution in [2.75, 3.05) is 11.9 Å². The van der Waals surface area contributed by atoms with Crippen molar-refractivity contribution in [2.45, 2.75) is 26.8 Å². The van der Waals surface area contributed by atoms with E-state index in [4.69, 9.17) is 5.11 Å². The maximum atomic E-state index is 11.7. The van der Waals surface area contributed by atoms with Gasteiger partial charge in [0.2, 0.25) is 5.91 Å². The number of anilines is 1. The van der Waals surface area contributed by atoms with Crippen molar-refractivity contribution in [3.05, 3.63) is 11.2 Å². The minimum atomic E-state index is -1.10. The SMILES string of the molecule is CC(C)CNC(=O)C(C)Nc1scnc1C(=O)O. The van der Waals surface area contributed by atoms with Gasteiger partial charge in [0.15, 0.2) is 5.69 Å². The van der Waals surface area contributed by atoms with Gasteiger partial charge in [0.1, 0.15) is 11.0 Å². The topological polar surface area (TPSA) is 91.3 Å². The van der Waals surface area contributed by atoms with Crippen LogP contribution in [0.2, 0.25) is 0 Å². The van der Waals surface area contributed by atoms with Gasteiger partial charge in [-0.25, -0.2) is 9.78 Å². The maximum Gasteiger partial charge on any atom is 0.357 e. The molecule has 0 aliphatic carbocycles. The zero-order valence-corrected chi connectivity index (χ0v) is 11.4. The third-order valence-corrected chi connectivity index (χ3v) is 2.95. The summed E-state index contributed by atoms with van der Waals surface area (Å²) >= 11 is 1.16. The standard InChI is InChI=1S/C11H17N3O3S/c1-6(2)4-12-9(15)7(3)14-10-8(11(16)17)13-5-18-10/h5-7,14H,4H2,1-3H3,(H,12,15)(H,16,17). The van der Waals surface area contributed by atoms with E-state index in [1.54, 1.807) is 6.92 Å². The molecule has 0 aliphatic heterocycles. The van der Waals surface area contributed by atoms with E-state index in [9.17, 15) is 9.59 Å². The van der Waals surface area contributed by atoms with Crippen LogP contribution in [-0.4, -0.2) is 34.6 Å². The Morgan fingerprint density at radius 3 is 2.67 bits per heavy atom. The lowest BCUT2D eigenvalue weighted by molar-refractivity contribution is -0.121. The molecule has 3 N–H and O–H groups in total. The second kappa shape index (κ2) is 6.34. The summed E-state index contributed by atoms with van der Waals surface area (Å²) in [5.74, 6) is -0.888. The second-order valence-corrected chi connectivity index (χ2v) is 5.20. The Balaban J connectivity index is 2.58. The van der Waals surface area contributed by atoms with Gasteiger partial charge in [-0.3, -0.25) is 4.79 Å². The average Bonchev–Trinajstić information content (AvgIpc) is 2.73. The molecule has 0 spiro atoms. The van der Waals surface area contributed by atoms with Crippen LogP contribution in [0.25, 0.3) is 0 Å². The third kappa shape index (κ3) is 3.99. The van der Waals surface area contributed by atoms with Crippen LogP contribution in [0.3, 0.4) is 0 Å². The Morgan fingerprint density at radius 1 is 1.44 bits per heavy atom. The summed E-state index contributed by atoms with van der Waals surface area (Å²) in [5.41, 5.74) is 1.38. The highest BCUT2D eigenvalue weighted by Gasteiger charge is 2.18. The highest BCUT2D eigenvalue weighted by Crippen LogP contribution is 2.20. The van der Waals surface area contributed by atoms with Gasteiger partial charge in [-0.15, -0.1) is 11.3 Å². The van der Waals surface area contributed by atoms with E-state index in [-0.39, 0.29) is 11.6 Å². The van der Waals surface area contributed by atoms with E-state index in [1.807, 2.05) is 13.8 Å². The van der Waals surface area contributed by atoms with Gasteiger partial charge in [-0.05, 0) is 12.8 Å². The molecule has 1 aromatic heterocycles. The van der Waals surface area contributed by atoms with Crippen molar-refractivity contribution in [3.63, 3.8) is 0 Å². The van der Waals surface area contributed by atoms with Gasteiger partial charge in [0.25, 0.3) is 0 Å². The van der Waals surface area contributed by atoms with Crippen LogP contribution >= 0.6 is 11.3 Å². The molecule has 0 aliphatic rings. The monoisotopic (exact) mass is 271 g/mol. The van der Waals surface area contributed by atoms with E-state index in [0.717, 1.165) is 11.3 Å². The van der Waals surface area contributed by atoms with Crippen LogP contribution in [-0.2, 0) is 4.79 Å². The molecular weight excluding hydrogens is 254 g/mol. The number of rotatable bonds is 6.